The first-order valence-corrected chi connectivity index (χ1v) is 27.8. The van der Waals surface area contributed by atoms with Crippen LogP contribution in [0.1, 0.15) is 130 Å². The van der Waals surface area contributed by atoms with E-state index < -0.39 is 107 Å². The number of carboxylic acids is 1. The number of hydrogen-bond donors (Lipinski definition) is 5. The van der Waals surface area contributed by atoms with Crippen LogP contribution in [-0.4, -0.2) is 197 Å². The van der Waals surface area contributed by atoms with Crippen molar-refractivity contribution in [2.45, 2.75) is 217 Å². The molecule has 4 aliphatic rings. The number of cyclic esters (lactones) is 1. The van der Waals surface area contributed by atoms with E-state index in [1.54, 1.807) is 40.9 Å². The number of pyridine rings is 1. The quantitative estimate of drug-likeness (QED) is 0.0976. The zero-order valence-corrected chi connectivity index (χ0v) is 47.8. The number of carboxylic acid groups (broad SMARTS) is 1. The van der Waals surface area contributed by atoms with Crippen LogP contribution in [0.5, 0.6) is 0 Å². The molecule has 76 heavy (non-hydrogen) atoms. The molecular formula is C57H93N3O16. The molecule has 18 atom stereocenters. The number of aryl methyl sites for hydroxylation is 1. The predicted octanol–water partition coefficient (Wildman–Crippen LogP) is 5.00. The van der Waals surface area contributed by atoms with Crippen molar-refractivity contribution < 1.29 is 73.0 Å². The highest BCUT2D eigenvalue weighted by Gasteiger charge is 2.53. The second-order valence-electron chi connectivity index (χ2n) is 23.9. The molecule has 0 radical (unpaired) electrons. The van der Waals surface area contributed by atoms with Crippen LogP contribution in [0.2, 0.25) is 0 Å². The Bertz CT molecular complexity index is 2290. The maximum atomic E-state index is 14.6. The first-order valence-electron chi connectivity index (χ1n) is 27.8. The number of benzene rings is 1. The van der Waals surface area contributed by atoms with Crippen molar-refractivity contribution in [3.8, 4) is 0 Å². The fraction of sp³-hybridized carbons (Fsp3) is 0.807. The fourth-order valence-corrected chi connectivity index (χ4v) is 12.2. The lowest BCUT2D eigenvalue weighted by Gasteiger charge is -2.49. The summed E-state index contributed by atoms with van der Waals surface area (Å²) in [6.07, 6.45) is -3.11. The van der Waals surface area contributed by atoms with E-state index in [1.807, 2.05) is 82.3 Å². The fourth-order valence-electron chi connectivity index (χ4n) is 12.2. The minimum atomic E-state index is -1.84. The van der Waals surface area contributed by atoms with Gasteiger partial charge in [-0.05, 0) is 144 Å². The zero-order valence-electron chi connectivity index (χ0n) is 47.8. The van der Waals surface area contributed by atoms with Gasteiger partial charge in [0.1, 0.15) is 35.6 Å². The molecule has 19 heteroatoms. The summed E-state index contributed by atoms with van der Waals surface area (Å²) in [5.41, 5.74) is -3.45. The number of likely N-dealkylation sites (N-methyl/N-ethyl adjacent to an activating group) is 2. The van der Waals surface area contributed by atoms with Gasteiger partial charge in [-0.25, -0.2) is 4.79 Å². The van der Waals surface area contributed by atoms with Gasteiger partial charge in [-0.2, -0.15) is 0 Å². The number of nitrogens with zero attached hydrogens (tertiary/aromatic N) is 3. The molecule has 19 nitrogen and oxygen atoms in total. The number of hydrogen-bond acceptors (Lipinski definition) is 17. The highest BCUT2D eigenvalue weighted by Crippen LogP contribution is 2.41. The minimum Gasteiger partial charge on any atom is -0.477 e. The average molecular weight is 1080 g/mol. The summed E-state index contributed by atoms with van der Waals surface area (Å²) >= 11 is 0. The predicted molar refractivity (Wildman–Crippen MR) is 285 cm³/mol. The molecule has 3 saturated heterocycles. The molecule has 0 spiro atoms. The van der Waals surface area contributed by atoms with E-state index >= 15 is 0 Å². The molecule has 5 N–H and O–H groups in total. The molecule has 4 heterocycles. The van der Waals surface area contributed by atoms with Gasteiger partial charge in [0.05, 0.1) is 60.3 Å². The van der Waals surface area contributed by atoms with E-state index in [9.17, 15) is 39.9 Å². The second-order valence-corrected chi connectivity index (χ2v) is 23.9. The van der Waals surface area contributed by atoms with E-state index in [4.69, 9.17) is 37.9 Å². The van der Waals surface area contributed by atoms with Gasteiger partial charge >= 0.3 is 11.9 Å². The average Bonchev–Trinajstić information content (AvgIpc) is 4.19. The van der Waals surface area contributed by atoms with Gasteiger partial charge in [-0.1, -0.05) is 26.8 Å². The van der Waals surface area contributed by atoms with E-state index in [2.05, 4.69) is 0 Å². The third-order valence-electron chi connectivity index (χ3n) is 17.0. The number of fused-ring (bicyclic) bond motifs is 1. The highest BCUT2D eigenvalue weighted by atomic mass is 16.7. The summed E-state index contributed by atoms with van der Waals surface area (Å²) in [6.45, 7) is 20.0. The summed E-state index contributed by atoms with van der Waals surface area (Å²) in [6, 6.07) is 4.81. The van der Waals surface area contributed by atoms with Gasteiger partial charge in [0, 0.05) is 62.8 Å². The van der Waals surface area contributed by atoms with E-state index in [-0.39, 0.29) is 56.1 Å². The van der Waals surface area contributed by atoms with Crippen molar-refractivity contribution in [1.82, 2.24) is 14.4 Å². The smallest absolute Gasteiger partial charge is 0.341 e. The molecule has 6 rings (SSSR count). The number of ether oxygens (including phenoxy) is 8. The number of esters is 1. The van der Waals surface area contributed by atoms with Gasteiger partial charge in [0.15, 0.2) is 12.6 Å². The van der Waals surface area contributed by atoms with E-state index in [0.29, 0.717) is 50.3 Å². The SMILES string of the molecule is CC[C@H]1OC(=O)[C@H](C)[C@@H](OC2C[C@@](C)(OC)[C@@H](OCCOCCCc3ccc4c(c3)c(=O)c(C(=O)O)cn4CC3CC3)[C@H](C)O2)[C@H](C)[C@@H](O[C@@H]2O[C@H](C)C[C@H](N(C)C)[C@H]2O)[C@](C)(O)C[C@@H](C)CN(C)[C@H](C)[C@H](O)[C@]1(C)O. The van der Waals surface area contributed by atoms with Crippen LogP contribution in [0.25, 0.3) is 10.9 Å². The molecule has 1 aromatic heterocycles. The lowest BCUT2D eigenvalue weighted by atomic mass is 9.77. The second kappa shape index (κ2) is 26.0. The lowest BCUT2D eigenvalue weighted by molar-refractivity contribution is -0.321. The first kappa shape index (κ1) is 62.1. The lowest BCUT2D eigenvalue weighted by Crippen LogP contribution is -2.61. The summed E-state index contributed by atoms with van der Waals surface area (Å²) in [5, 5.41) is 58.3. The summed E-state index contributed by atoms with van der Waals surface area (Å²) < 4.78 is 53.4. The molecule has 0 amide bonds. The van der Waals surface area contributed by atoms with Gasteiger partial charge in [0.2, 0.25) is 5.43 Å². The summed E-state index contributed by atoms with van der Waals surface area (Å²) in [5.74, 6) is -3.45. The largest absolute Gasteiger partial charge is 0.477 e. The number of carbonyl (C=O) groups is 2. The molecule has 4 fully saturated rings. The van der Waals surface area contributed by atoms with Gasteiger partial charge in [0.25, 0.3) is 0 Å². The third kappa shape index (κ3) is 14.6. The van der Waals surface area contributed by atoms with Crippen molar-refractivity contribution in [2.75, 3.05) is 54.6 Å². The third-order valence-corrected chi connectivity index (χ3v) is 17.0. The highest BCUT2D eigenvalue weighted by molar-refractivity contribution is 5.92. The van der Waals surface area contributed by atoms with Crippen molar-refractivity contribution in [3.05, 3.63) is 45.7 Å². The Morgan fingerprint density at radius 2 is 1.63 bits per heavy atom. The van der Waals surface area contributed by atoms with Crippen LogP contribution in [0.15, 0.2) is 29.2 Å². The molecule has 1 saturated carbocycles. The Morgan fingerprint density at radius 1 is 0.934 bits per heavy atom. The topological polar surface area (TPSA) is 238 Å². The van der Waals surface area contributed by atoms with Crippen molar-refractivity contribution in [1.29, 1.82) is 0 Å². The molecule has 1 unspecified atom stereocenters. The Labute approximate surface area is 450 Å². The standard InChI is InChI=1S/C57H93N3O16/c1-15-44-57(10,68)49(63)36(6)59(13)29-32(2)27-55(8,67)50(76-54-47(62)43(58(11)12)25-33(3)72-54)34(4)48(35(5)53(66)74-44)75-45-28-56(9,69-14)51(37(7)73-45)71-24-23-70-22-16-17-38-20-21-42-40(26-38)46(61)41(52(64)65)31-60(42)30-39-18-19-39/h20-21,26,31-37,39,43-45,47-51,54,62-63,67-68H,15-19,22-25,27-30H2,1-14H3,(H,64,65)/t32-,33-,34+,35-,36-,37+,43+,44-,45?,47-,48+,49+,50-,51+,54+,55-,56-,57-/m1/s1. The Hall–Kier alpha value is -3.15. The molecule has 0 bridgehead atoms. The van der Waals surface area contributed by atoms with Crippen molar-refractivity contribution in [2.24, 2.45) is 23.7 Å². The number of aliphatic hydroxyl groups excluding tert-OH is 2. The van der Waals surface area contributed by atoms with Gasteiger partial charge < -0.3 is 77.8 Å². The number of rotatable bonds is 18. The van der Waals surface area contributed by atoms with Crippen LogP contribution in [0, 0.1) is 23.7 Å². The Morgan fingerprint density at radius 3 is 2.26 bits per heavy atom. The molecule has 432 valence electrons. The van der Waals surface area contributed by atoms with Gasteiger partial charge in [-0.3, -0.25) is 9.59 Å². The van der Waals surface area contributed by atoms with Crippen LogP contribution in [0.4, 0.5) is 0 Å². The number of methoxy groups -OCH3 is 1. The minimum absolute atomic E-state index is 0.171. The monoisotopic (exact) mass is 1080 g/mol. The number of aromatic carboxylic acids is 1. The summed E-state index contributed by atoms with van der Waals surface area (Å²) in [7, 11) is 7.21. The van der Waals surface area contributed by atoms with E-state index in [0.717, 1.165) is 23.9 Å². The molecular weight excluding hydrogens is 983 g/mol. The molecule has 3 aliphatic heterocycles. The maximum Gasteiger partial charge on any atom is 0.341 e. The Balaban J connectivity index is 1.17. The van der Waals surface area contributed by atoms with Crippen LogP contribution < -0.4 is 5.43 Å². The maximum absolute atomic E-state index is 14.6. The van der Waals surface area contributed by atoms with E-state index in [1.165, 1.54) is 13.1 Å². The molecule has 1 aliphatic carbocycles. The van der Waals surface area contributed by atoms with Crippen molar-refractivity contribution >= 4 is 22.8 Å². The normalized spacial score (nSPS) is 38.7. The number of aliphatic hydroxyl groups is 4. The zero-order chi connectivity index (χ0) is 56.2. The van der Waals surface area contributed by atoms with Crippen LogP contribution in [-0.2, 0) is 55.7 Å². The van der Waals surface area contributed by atoms with Crippen LogP contribution >= 0.6 is 0 Å². The van der Waals surface area contributed by atoms with Gasteiger partial charge in [-0.15, -0.1) is 0 Å². The van der Waals surface area contributed by atoms with Crippen LogP contribution in [0.3, 0.4) is 0 Å². The summed E-state index contributed by atoms with van der Waals surface area (Å²) in [4.78, 5) is 43.6. The number of aromatic nitrogens is 1. The molecule has 2 aromatic rings. The van der Waals surface area contributed by atoms with Crippen molar-refractivity contribution in [3.63, 3.8) is 0 Å². The number of carbonyl (C=O) groups excluding carboxylic acids is 1. The Kier molecular flexibility index (Phi) is 21.2. The molecule has 1 aromatic carbocycles. The first-order chi connectivity index (χ1) is 35.6.